The number of anilines is 1. The lowest BCUT2D eigenvalue weighted by Gasteiger charge is -2.24. The van der Waals surface area contributed by atoms with E-state index in [0.717, 1.165) is 17.8 Å². The Kier molecular flexibility index (Phi) is 4.53. The van der Waals surface area contributed by atoms with Gasteiger partial charge in [0.15, 0.2) is 0 Å². The number of nitrogens with zero attached hydrogens (tertiary/aromatic N) is 2. The van der Waals surface area contributed by atoms with E-state index in [4.69, 9.17) is 5.26 Å². The number of amides is 1. The average Bonchev–Trinajstić information content (AvgIpc) is 2.35. The van der Waals surface area contributed by atoms with Crippen molar-refractivity contribution in [2.75, 3.05) is 25.0 Å². The largest absolute Gasteiger partial charge is 0.362 e. The van der Waals surface area contributed by atoms with Gasteiger partial charge in [0, 0.05) is 19.3 Å². The zero-order valence-corrected chi connectivity index (χ0v) is 10.4. The number of hydrogen-bond acceptors (Lipinski definition) is 3. The fraction of sp³-hybridized carbons (Fsp3) is 0.385. The summed E-state index contributed by atoms with van der Waals surface area (Å²) >= 11 is 0. The normalized spacial score (nSPS) is 9.53. The Morgan fingerprint density at radius 2 is 2.24 bits per heavy atom. The summed E-state index contributed by atoms with van der Waals surface area (Å²) in [5, 5.41) is 11.4. The number of hydrogen-bond donors (Lipinski definition) is 1. The van der Waals surface area contributed by atoms with Crippen LogP contribution < -0.4 is 10.2 Å². The molecule has 4 nitrogen and oxygen atoms in total. The van der Waals surface area contributed by atoms with E-state index < -0.39 is 0 Å². The molecule has 0 spiro atoms. The topological polar surface area (TPSA) is 56.1 Å². The van der Waals surface area contributed by atoms with Gasteiger partial charge in [-0.2, -0.15) is 5.26 Å². The second-order valence-corrected chi connectivity index (χ2v) is 3.80. The molecule has 90 valence electrons. The molecule has 1 N–H and O–H groups in total. The van der Waals surface area contributed by atoms with Crippen LogP contribution in [-0.4, -0.2) is 26.0 Å². The molecule has 0 bridgehead atoms. The second kappa shape index (κ2) is 5.90. The van der Waals surface area contributed by atoms with E-state index in [-0.39, 0.29) is 5.91 Å². The number of carbonyl (C=O) groups is 1. The van der Waals surface area contributed by atoms with E-state index >= 15 is 0 Å². The molecular weight excluding hydrogens is 214 g/mol. The molecule has 0 aliphatic rings. The van der Waals surface area contributed by atoms with E-state index in [9.17, 15) is 4.79 Å². The van der Waals surface area contributed by atoms with Crippen molar-refractivity contribution >= 4 is 11.6 Å². The molecule has 17 heavy (non-hydrogen) atoms. The maximum absolute atomic E-state index is 11.4. The van der Waals surface area contributed by atoms with Gasteiger partial charge in [-0.15, -0.1) is 0 Å². The zero-order chi connectivity index (χ0) is 12.8. The van der Waals surface area contributed by atoms with Crippen molar-refractivity contribution in [2.45, 2.75) is 13.8 Å². The van der Waals surface area contributed by atoms with Crippen molar-refractivity contribution in [2.24, 2.45) is 0 Å². The van der Waals surface area contributed by atoms with Gasteiger partial charge in [-0.25, -0.2) is 0 Å². The lowest BCUT2D eigenvalue weighted by Crippen LogP contribution is -2.35. The van der Waals surface area contributed by atoms with E-state index in [2.05, 4.69) is 11.4 Å². The summed E-state index contributed by atoms with van der Waals surface area (Å²) in [4.78, 5) is 13.4. The number of carbonyl (C=O) groups excluding carboxylic acids is 1. The quantitative estimate of drug-likeness (QED) is 0.853. The van der Waals surface area contributed by atoms with Crippen molar-refractivity contribution in [1.29, 1.82) is 5.26 Å². The van der Waals surface area contributed by atoms with Gasteiger partial charge in [0.05, 0.1) is 18.2 Å². The molecule has 1 aromatic carbocycles. The molecule has 0 atom stereocenters. The fourth-order valence-electron chi connectivity index (χ4n) is 1.70. The van der Waals surface area contributed by atoms with Gasteiger partial charge < -0.3 is 10.2 Å². The average molecular weight is 231 g/mol. The van der Waals surface area contributed by atoms with Gasteiger partial charge in [-0.05, 0) is 37.6 Å². The smallest absolute Gasteiger partial charge is 0.239 e. The summed E-state index contributed by atoms with van der Waals surface area (Å²) in [5.74, 6) is -0.0180. The van der Waals surface area contributed by atoms with Gasteiger partial charge in [0.1, 0.15) is 0 Å². The molecule has 1 amide bonds. The van der Waals surface area contributed by atoms with Gasteiger partial charge in [0.25, 0.3) is 0 Å². The molecule has 0 saturated carbocycles. The van der Waals surface area contributed by atoms with Crippen molar-refractivity contribution < 1.29 is 4.79 Å². The van der Waals surface area contributed by atoms with Crippen LogP contribution in [0.5, 0.6) is 0 Å². The van der Waals surface area contributed by atoms with Crippen molar-refractivity contribution in [1.82, 2.24) is 5.32 Å². The minimum Gasteiger partial charge on any atom is -0.362 e. The minimum absolute atomic E-state index is 0.0180. The van der Waals surface area contributed by atoms with Crippen LogP contribution >= 0.6 is 0 Å². The minimum atomic E-state index is -0.0180. The van der Waals surface area contributed by atoms with Crippen LogP contribution in [0.3, 0.4) is 0 Å². The number of rotatable bonds is 4. The molecule has 0 radical (unpaired) electrons. The predicted octanol–water partition coefficient (Wildman–Crippen LogP) is 1.44. The summed E-state index contributed by atoms with van der Waals surface area (Å²) in [6, 6.07) is 7.60. The summed E-state index contributed by atoms with van der Waals surface area (Å²) in [6.07, 6.45) is 0. The molecule has 0 aromatic heterocycles. The number of benzene rings is 1. The molecular formula is C13H17N3O. The van der Waals surface area contributed by atoms with Gasteiger partial charge in [-0.1, -0.05) is 0 Å². The SMILES string of the molecule is CCN(CC(=O)NC)c1ccc(C#N)cc1C. The molecule has 1 aromatic rings. The van der Waals surface area contributed by atoms with Crippen LogP contribution in [0.25, 0.3) is 0 Å². The standard InChI is InChI=1S/C13H17N3O/c1-4-16(9-13(17)15-3)12-6-5-11(8-14)7-10(12)2/h5-7H,4,9H2,1-3H3,(H,15,17). The zero-order valence-electron chi connectivity index (χ0n) is 10.4. The molecule has 0 aliphatic carbocycles. The number of nitrogens with one attached hydrogen (secondary N) is 1. The first-order chi connectivity index (χ1) is 8.12. The maximum atomic E-state index is 11.4. The Balaban J connectivity index is 2.97. The van der Waals surface area contributed by atoms with Crippen LogP contribution in [0, 0.1) is 18.3 Å². The molecule has 0 unspecified atom stereocenters. The van der Waals surface area contributed by atoms with Crippen LogP contribution in [0.1, 0.15) is 18.1 Å². The van der Waals surface area contributed by atoms with Crippen LogP contribution in [0.4, 0.5) is 5.69 Å². The van der Waals surface area contributed by atoms with E-state index in [0.29, 0.717) is 12.1 Å². The second-order valence-electron chi connectivity index (χ2n) is 3.80. The molecule has 0 aliphatic heterocycles. The van der Waals surface area contributed by atoms with Crippen molar-refractivity contribution in [3.63, 3.8) is 0 Å². The molecule has 0 saturated heterocycles. The van der Waals surface area contributed by atoms with Crippen molar-refractivity contribution in [3.8, 4) is 6.07 Å². The van der Waals surface area contributed by atoms with Gasteiger partial charge >= 0.3 is 0 Å². The Morgan fingerprint density at radius 3 is 2.71 bits per heavy atom. The predicted molar refractivity (Wildman–Crippen MR) is 67.8 cm³/mol. The van der Waals surface area contributed by atoms with E-state index in [1.54, 1.807) is 13.1 Å². The Morgan fingerprint density at radius 1 is 1.53 bits per heavy atom. The third-order valence-corrected chi connectivity index (χ3v) is 2.66. The summed E-state index contributed by atoms with van der Waals surface area (Å²) < 4.78 is 0. The summed E-state index contributed by atoms with van der Waals surface area (Å²) in [6.45, 7) is 5.03. The first-order valence-electron chi connectivity index (χ1n) is 5.58. The molecule has 1 rings (SSSR count). The summed E-state index contributed by atoms with van der Waals surface area (Å²) in [7, 11) is 1.63. The Bertz CT molecular complexity index is 448. The van der Waals surface area contributed by atoms with Crippen LogP contribution in [0.2, 0.25) is 0 Å². The highest BCUT2D eigenvalue weighted by atomic mass is 16.1. The lowest BCUT2D eigenvalue weighted by atomic mass is 10.1. The van der Waals surface area contributed by atoms with Crippen LogP contribution in [-0.2, 0) is 4.79 Å². The van der Waals surface area contributed by atoms with Crippen molar-refractivity contribution in [3.05, 3.63) is 29.3 Å². The third kappa shape index (κ3) is 3.22. The number of aryl methyl sites for hydroxylation is 1. The Hall–Kier alpha value is -2.02. The fourth-order valence-corrected chi connectivity index (χ4v) is 1.70. The first kappa shape index (κ1) is 13.0. The molecule has 4 heteroatoms. The molecule has 0 fully saturated rings. The first-order valence-corrected chi connectivity index (χ1v) is 5.58. The molecule has 0 heterocycles. The van der Waals surface area contributed by atoms with E-state index in [1.807, 2.05) is 30.9 Å². The van der Waals surface area contributed by atoms with E-state index in [1.165, 1.54) is 0 Å². The highest BCUT2D eigenvalue weighted by Gasteiger charge is 2.11. The van der Waals surface area contributed by atoms with Gasteiger partial charge in [-0.3, -0.25) is 4.79 Å². The lowest BCUT2D eigenvalue weighted by molar-refractivity contribution is -0.119. The highest BCUT2D eigenvalue weighted by Crippen LogP contribution is 2.20. The highest BCUT2D eigenvalue weighted by molar-refractivity contribution is 5.81. The van der Waals surface area contributed by atoms with Crippen LogP contribution in [0.15, 0.2) is 18.2 Å². The summed E-state index contributed by atoms with van der Waals surface area (Å²) in [5.41, 5.74) is 2.65. The maximum Gasteiger partial charge on any atom is 0.239 e. The monoisotopic (exact) mass is 231 g/mol. The number of likely N-dealkylation sites (N-methyl/N-ethyl adjacent to an activating group) is 2. The third-order valence-electron chi connectivity index (χ3n) is 2.66. The Labute approximate surface area is 102 Å². The van der Waals surface area contributed by atoms with Gasteiger partial charge in [0.2, 0.25) is 5.91 Å². The number of nitriles is 1.